The molecule has 0 bridgehead atoms. The number of methoxy groups -OCH3 is 1. The van der Waals surface area contributed by atoms with Crippen molar-refractivity contribution in [3.05, 3.63) is 59.3 Å². The minimum absolute atomic E-state index is 0.0481. The molecule has 4 nitrogen and oxygen atoms in total. The number of hydrogen-bond donors (Lipinski definition) is 1. The van der Waals surface area contributed by atoms with Crippen molar-refractivity contribution in [3.63, 3.8) is 0 Å². The van der Waals surface area contributed by atoms with E-state index in [1.54, 1.807) is 7.11 Å². The lowest BCUT2D eigenvalue weighted by Crippen LogP contribution is -2.29. The van der Waals surface area contributed by atoms with Crippen LogP contribution < -0.4 is 9.64 Å². The summed E-state index contributed by atoms with van der Waals surface area (Å²) >= 11 is 0. The van der Waals surface area contributed by atoms with E-state index in [9.17, 15) is 4.79 Å². The molecule has 4 heteroatoms. The molecule has 2 heterocycles. The summed E-state index contributed by atoms with van der Waals surface area (Å²) < 4.78 is 5.40. The van der Waals surface area contributed by atoms with Crippen LogP contribution in [0.4, 0.5) is 5.69 Å². The van der Waals surface area contributed by atoms with Gasteiger partial charge in [-0.3, -0.25) is 4.79 Å². The highest BCUT2D eigenvalue weighted by atomic mass is 16.5. The lowest BCUT2D eigenvalue weighted by molar-refractivity contribution is 0.0990. The average Bonchev–Trinajstić information content (AvgIpc) is 3.14. The molecule has 116 valence electrons. The first-order chi connectivity index (χ1) is 11.2. The summed E-state index contributed by atoms with van der Waals surface area (Å²) in [4.78, 5) is 18.4. The Kier molecular flexibility index (Phi) is 3.11. The minimum atomic E-state index is 0.0481. The number of benzene rings is 2. The lowest BCUT2D eigenvalue weighted by atomic mass is 10.1. The number of H-pyrrole nitrogens is 1. The SMILES string of the molecule is COc1cccc2c(C(=O)N3CCc4ccccc43)c(C)[nH]c12. The maximum atomic E-state index is 13.2. The van der Waals surface area contributed by atoms with E-state index in [-0.39, 0.29) is 5.91 Å². The molecule has 3 aromatic rings. The topological polar surface area (TPSA) is 45.3 Å². The highest BCUT2D eigenvalue weighted by molar-refractivity contribution is 6.16. The quantitative estimate of drug-likeness (QED) is 0.785. The first-order valence-corrected chi connectivity index (χ1v) is 7.75. The van der Waals surface area contributed by atoms with E-state index < -0.39 is 0 Å². The van der Waals surface area contributed by atoms with Crippen molar-refractivity contribution in [2.24, 2.45) is 0 Å². The van der Waals surface area contributed by atoms with Gasteiger partial charge in [-0.05, 0) is 31.0 Å². The van der Waals surface area contributed by atoms with Gasteiger partial charge in [0, 0.05) is 23.3 Å². The van der Waals surface area contributed by atoms with Crippen molar-refractivity contribution in [1.82, 2.24) is 4.98 Å². The molecule has 0 radical (unpaired) electrons. The van der Waals surface area contributed by atoms with Crippen LogP contribution in [0.3, 0.4) is 0 Å². The Morgan fingerprint density at radius 3 is 2.83 bits per heavy atom. The summed E-state index contributed by atoms with van der Waals surface area (Å²) in [6.07, 6.45) is 0.909. The van der Waals surface area contributed by atoms with E-state index >= 15 is 0 Å². The molecular weight excluding hydrogens is 288 g/mol. The number of nitrogens with one attached hydrogen (secondary N) is 1. The molecule has 0 saturated heterocycles. The number of carbonyl (C=O) groups excluding carboxylic acids is 1. The Balaban J connectivity index is 1.84. The van der Waals surface area contributed by atoms with E-state index in [4.69, 9.17) is 4.74 Å². The van der Waals surface area contributed by atoms with E-state index in [0.717, 1.165) is 46.6 Å². The Hall–Kier alpha value is -2.75. The summed E-state index contributed by atoms with van der Waals surface area (Å²) in [5, 5.41) is 0.913. The van der Waals surface area contributed by atoms with Gasteiger partial charge in [-0.15, -0.1) is 0 Å². The zero-order chi connectivity index (χ0) is 16.0. The second-order valence-corrected chi connectivity index (χ2v) is 5.84. The van der Waals surface area contributed by atoms with Gasteiger partial charge in [0.2, 0.25) is 0 Å². The molecule has 0 spiro atoms. The summed E-state index contributed by atoms with van der Waals surface area (Å²) in [6.45, 7) is 2.67. The fraction of sp³-hybridized carbons (Fsp3) is 0.211. The molecule has 1 aliphatic rings. The molecule has 0 unspecified atom stereocenters. The number of aromatic nitrogens is 1. The number of anilines is 1. The number of nitrogens with zero attached hydrogens (tertiary/aromatic N) is 1. The Labute approximate surface area is 134 Å². The minimum Gasteiger partial charge on any atom is -0.495 e. The monoisotopic (exact) mass is 306 g/mol. The normalized spacial score (nSPS) is 13.4. The molecular formula is C19H18N2O2. The first-order valence-electron chi connectivity index (χ1n) is 7.75. The maximum absolute atomic E-state index is 13.2. The van der Waals surface area contributed by atoms with Crippen LogP contribution in [0.1, 0.15) is 21.6 Å². The zero-order valence-corrected chi connectivity index (χ0v) is 13.2. The fourth-order valence-electron chi connectivity index (χ4n) is 3.45. The Morgan fingerprint density at radius 2 is 2.00 bits per heavy atom. The molecule has 1 N–H and O–H groups in total. The lowest BCUT2D eigenvalue weighted by Gasteiger charge is -2.17. The van der Waals surface area contributed by atoms with Gasteiger partial charge in [0.15, 0.2) is 0 Å². The fourth-order valence-corrected chi connectivity index (χ4v) is 3.45. The number of rotatable bonds is 2. The highest BCUT2D eigenvalue weighted by Gasteiger charge is 2.28. The van der Waals surface area contributed by atoms with Crippen LogP contribution in [-0.2, 0) is 6.42 Å². The molecule has 0 fully saturated rings. The molecule has 1 aliphatic heterocycles. The zero-order valence-electron chi connectivity index (χ0n) is 13.2. The number of aromatic amines is 1. The third kappa shape index (κ3) is 2.02. The van der Waals surface area contributed by atoms with Crippen LogP contribution in [0.5, 0.6) is 5.75 Å². The van der Waals surface area contributed by atoms with Crippen molar-refractivity contribution in [1.29, 1.82) is 0 Å². The average molecular weight is 306 g/mol. The van der Waals surface area contributed by atoms with E-state index in [0.29, 0.717) is 0 Å². The molecule has 0 saturated carbocycles. The predicted molar refractivity (Wildman–Crippen MR) is 91.4 cm³/mol. The van der Waals surface area contributed by atoms with Crippen LogP contribution in [0.2, 0.25) is 0 Å². The van der Waals surface area contributed by atoms with Crippen LogP contribution >= 0.6 is 0 Å². The Bertz CT molecular complexity index is 911. The van der Waals surface area contributed by atoms with Crippen LogP contribution in [0, 0.1) is 6.92 Å². The summed E-state index contributed by atoms with van der Waals surface area (Å²) in [6, 6.07) is 13.9. The molecule has 23 heavy (non-hydrogen) atoms. The van der Waals surface area contributed by atoms with E-state index in [1.165, 1.54) is 5.56 Å². The summed E-state index contributed by atoms with van der Waals surface area (Å²) in [5.41, 5.74) is 4.74. The number of fused-ring (bicyclic) bond motifs is 2. The van der Waals surface area contributed by atoms with Crippen LogP contribution in [0.25, 0.3) is 10.9 Å². The van der Waals surface area contributed by atoms with E-state index in [1.807, 2.05) is 48.2 Å². The largest absolute Gasteiger partial charge is 0.495 e. The highest BCUT2D eigenvalue weighted by Crippen LogP contribution is 2.34. The van der Waals surface area contributed by atoms with Gasteiger partial charge in [-0.25, -0.2) is 0 Å². The second kappa shape index (κ2) is 5.16. The van der Waals surface area contributed by atoms with Crippen molar-refractivity contribution < 1.29 is 9.53 Å². The molecule has 2 aromatic carbocycles. The molecule has 4 rings (SSSR count). The predicted octanol–water partition coefficient (Wildman–Crippen LogP) is 3.69. The van der Waals surface area contributed by atoms with Crippen LogP contribution in [0.15, 0.2) is 42.5 Å². The van der Waals surface area contributed by atoms with Gasteiger partial charge in [0.25, 0.3) is 5.91 Å². The van der Waals surface area contributed by atoms with Gasteiger partial charge in [0.05, 0.1) is 18.2 Å². The standard InChI is InChI=1S/C19H18N2O2/c1-12-17(14-7-5-9-16(23-2)18(14)20-12)19(22)21-11-10-13-6-3-4-8-15(13)21/h3-9,20H,10-11H2,1-2H3. The number of hydrogen-bond acceptors (Lipinski definition) is 2. The number of amides is 1. The van der Waals surface area contributed by atoms with Gasteiger partial charge in [0.1, 0.15) is 5.75 Å². The third-order valence-corrected chi connectivity index (χ3v) is 4.55. The molecule has 0 aliphatic carbocycles. The molecule has 1 amide bonds. The smallest absolute Gasteiger partial charge is 0.260 e. The molecule has 0 atom stereocenters. The van der Waals surface area contributed by atoms with Crippen molar-refractivity contribution in [2.45, 2.75) is 13.3 Å². The first kappa shape index (κ1) is 13.9. The van der Waals surface area contributed by atoms with Gasteiger partial charge < -0.3 is 14.6 Å². The van der Waals surface area contributed by atoms with E-state index in [2.05, 4.69) is 11.1 Å². The second-order valence-electron chi connectivity index (χ2n) is 5.84. The maximum Gasteiger partial charge on any atom is 0.260 e. The van der Waals surface area contributed by atoms with Gasteiger partial charge in [-0.1, -0.05) is 30.3 Å². The van der Waals surface area contributed by atoms with Crippen LogP contribution in [-0.4, -0.2) is 24.5 Å². The van der Waals surface area contributed by atoms with Gasteiger partial charge >= 0.3 is 0 Å². The summed E-state index contributed by atoms with van der Waals surface area (Å²) in [5.74, 6) is 0.804. The van der Waals surface area contributed by atoms with Gasteiger partial charge in [-0.2, -0.15) is 0 Å². The number of carbonyl (C=O) groups is 1. The third-order valence-electron chi connectivity index (χ3n) is 4.55. The van der Waals surface area contributed by atoms with Crippen molar-refractivity contribution in [3.8, 4) is 5.75 Å². The number of aryl methyl sites for hydroxylation is 1. The number of para-hydroxylation sites is 2. The van der Waals surface area contributed by atoms with Crippen molar-refractivity contribution in [2.75, 3.05) is 18.6 Å². The summed E-state index contributed by atoms with van der Waals surface area (Å²) in [7, 11) is 1.64. The van der Waals surface area contributed by atoms with Crippen molar-refractivity contribution >= 4 is 22.5 Å². The molecule has 1 aromatic heterocycles. The number of ether oxygens (including phenoxy) is 1. The Morgan fingerprint density at radius 1 is 1.17 bits per heavy atom.